The first-order valence-corrected chi connectivity index (χ1v) is 6.94. The van der Waals surface area contributed by atoms with Crippen LogP contribution in [0.25, 0.3) is 0 Å². The molecule has 2 N–H and O–H groups in total. The van der Waals surface area contributed by atoms with E-state index in [0.717, 1.165) is 0 Å². The van der Waals surface area contributed by atoms with Crippen molar-refractivity contribution in [2.45, 2.75) is 6.92 Å². The molecule has 0 radical (unpaired) electrons. The van der Waals surface area contributed by atoms with Gasteiger partial charge in [-0.05, 0) is 31.2 Å². The predicted octanol–water partition coefficient (Wildman–Crippen LogP) is 3.55. The van der Waals surface area contributed by atoms with Crippen LogP contribution >= 0.6 is 0 Å². The predicted molar refractivity (Wildman–Crippen MR) is 88.6 cm³/mol. The van der Waals surface area contributed by atoms with Gasteiger partial charge in [0.15, 0.2) is 5.78 Å². The summed E-state index contributed by atoms with van der Waals surface area (Å²) in [7, 11) is 3.07. The van der Waals surface area contributed by atoms with Gasteiger partial charge in [-0.3, -0.25) is 4.79 Å². The zero-order valence-electron chi connectivity index (χ0n) is 13.2. The van der Waals surface area contributed by atoms with Crippen LogP contribution in [-0.2, 0) is 0 Å². The number of amides is 2. The molecule has 0 aliphatic carbocycles. The second kappa shape index (κ2) is 7.31. The van der Waals surface area contributed by atoms with E-state index in [1.165, 1.54) is 21.1 Å². The Labute approximate surface area is 134 Å². The van der Waals surface area contributed by atoms with Crippen LogP contribution in [-0.4, -0.2) is 26.0 Å². The van der Waals surface area contributed by atoms with Gasteiger partial charge in [-0.15, -0.1) is 0 Å². The summed E-state index contributed by atoms with van der Waals surface area (Å²) in [6.07, 6.45) is 0. The normalized spacial score (nSPS) is 9.87. The van der Waals surface area contributed by atoms with Crippen LogP contribution in [0.3, 0.4) is 0 Å². The van der Waals surface area contributed by atoms with Gasteiger partial charge in [0.2, 0.25) is 0 Å². The van der Waals surface area contributed by atoms with Crippen LogP contribution in [0, 0.1) is 0 Å². The summed E-state index contributed by atoms with van der Waals surface area (Å²) in [5.74, 6) is 1.13. The van der Waals surface area contributed by atoms with Crippen LogP contribution in [0.2, 0.25) is 0 Å². The number of carbonyl (C=O) groups is 2. The van der Waals surface area contributed by atoms with E-state index in [9.17, 15) is 9.59 Å². The van der Waals surface area contributed by atoms with Gasteiger partial charge in [0.25, 0.3) is 0 Å². The summed E-state index contributed by atoms with van der Waals surface area (Å²) in [5, 5.41) is 5.39. The molecule has 0 bridgehead atoms. The molecule has 2 rings (SSSR count). The second-order valence-electron chi connectivity index (χ2n) is 4.81. The van der Waals surface area contributed by atoms with Crippen molar-refractivity contribution >= 4 is 23.2 Å². The van der Waals surface area contributed by atoms with E-state index in [4.69, 9.17) is 9.47 Å². The van der Waals surface area contributed by atoms with E-state index < -0.39 is 6.03 Å². The SMILES string of the molecule is COc1cc(NC(=O)Nc2ccc(C(C)=O)cc2)cc(OC)c1. The van der Waals surface area contributed by atoms with Crippen LogP contribution in [0.5, 0.6) is 11.5 Å². The first kappa shape index (κ1) is 16.4. The van der Waals surface area contributed by atoms with E-state index in [1.807, 2.05) is 0 Å². The number of anilines is 2. The van der Waals surface area contributed by atoms with Gasteiger partial charge in [0.1, 0.15) is 11.5 Å². The number of benzene rings is 2. The monoisotopic (exact) mass is 314 g/mol. The van der Waals surface area contributed by atoms with Crippen molar-refractivity contribution < 1.29 is 19.1 Å². The van der Waals surface area contributed by atoms with Gasteiger partial charge in [-0.2, -0.15) is 0 Å². The molecule has 0 aliphatic rings. The molecular formula is C17H18N2O4. The highest BCUT2D eigenvalue weighted by Crippen LogP contribution is 2.25. The molecule has 23 heavy (non-hydrogen) atoms. The number of urea groups is 1. The number of nitrogens with one attached hydrogen (secondary N) is 2. The molecule has 6 heteroatoms. The highest BCUT2D eigenvalue weighted by molar-refractivity contribution is 6.00. The molecular weight excluding hydrogens is 296 g/mol. The van der Waals surface area contributed by atoms with Crippen molar-refractivity contribution in [1.82, 2.24) is 0 Å². The Balaban J connectivity index is 2.05. The highest BCUT2D eigenvalue weighted by atomic mass is 16.5. The molecule has 2 amide bonds. The van der Waals surface area contributed by atoms with E-state index >= 15 is 0 Å². The third kappa shape index (κ3) is 4.47. The third-order valence-electron chi connectivity index (χ3n) is 3.16. The number of carbonyl (C=O) groups excluding carboxylic acids is 2. The fourth-order valence-corrected chi connectivity index (χ4v) is 1.96. The number of hydrogen-bond acceptors (Lipinski definition) is 4. The van der Waals surface area contributed by atoms with Crippen LogP contribution in [0.15, 0.2) is 42.5 Å². The number of Topliss-reactive ketones (excluding diaryl/α,β-unsaturated/α-hetero) is 1. The summed E-state index contributed by atoms with van der Waals surface area (Å²) in [6, 6.07) is 11.3. The van der Waals surface area contributed by atoms with E-state index in [1.54, 1.807) is 42.5 Å². The van der Waals surface area contributed by atoms with Crippen molar-refractivity contribution in [3.63, 3.8) is 0 Å². The average Bonchev–Trinajstić information content (AvgIpc) is 2.54. The molecule has 2 aromatic carbocycles. The summed E-state index contributed by atoms with van der Waals surface area (Å²) in [6.45, 7) is 1.49. The molecule has 0 spiro atoms. The van der Waals surface area contributed by atoms with E-state index in [2.05, 4.69) is 10.6 Å². The maximum atomic E-state index is 12.0. The van der Waals surface area contributed by atoms with Crippen molar-refractivity contribution in [2.24, 2.45) is 0 Å². The smallest absolute Gasteiger partial charge is 0.323 e. The number of ether oxygens (including phenoxy) is 2. The van der Waals surface area contributed by atoms with Crippen molar-refractivity contribution in [3.05, 3.63) is 48.0 Å². The van der Waals surface area contributed by atoms with Gasteiger partial charge in [0.05, 0.1) is 14.2 Å². The average molecular weight is 314 g/mol. The Kier molecular flexibility index (Phi) is 5.19. The fourth-order valence-electron chi connectivity index (χ4n) is 1.96. The Bertz CT molecular complexity index is 689. The molecule has 6 nitrogen and oxygen atoms in total. The lowest BCUT2D eigenvalue weighted by Gasteiger charge is -2.11. The third-order valence-corrected chi connectivity index (χ3v) is 3.16. The molecule has 0 aliphatic heterocycles. The quantitative estimate of drug-likeness (QED) is 0.827. The fraction of sp³-hybridized carbons (Fsp3) is 0.176. The van der Waals surface area contributed by atoms with Crippen molar-refractivity contribution in [1.29, 1.82) is 0 Å². The minimum atomic E-state index is -0.407. The Morgan fingerprint density at radius 1 is 0.826 bits per heavy atom. The van der Waals surface area contributed by atoms with Crippen LogP contribution in [0.4, 0.5) is 16.2 Å². The molecule has 0 aromatic heterocycles. The minimum Gasteiger partial charge on any atom is -0.497 e. The van der Waals surface area contributed by atoms with Crippen molar-refractivity contribution in [2.75, 3.05) is 24.9 Å². The largest absolute Gasteiger partial charge is 0.497 e. The lowest BCUT2D eigenvalue weighted by Crippen LogP contribution is -2.19. The summed E-state index contributed by atoms with van der Waals surface area (Å²) >= 11 is 0. The van der Waals surface area contributed by atoms with Gasteiger partial charge in [-0.25, -0.2) is 4.79 Å². The second-order valence-corrected chi connectivity index (χ2v) is 4.81. The lowest BCUT2D eigenvalue weighted by molar-refractivity contribution is 0.101. The highest BCUT2D eigenvalue weighted by Gasteiger charge is 2.07. The van der Waals surface area contributed by atoms with Crippen LogP contribution in [0.1, 0.15) is 17.3 Å². The number of methoxy groups -OCH3 is 2. The molecule has 0 saturated heterocycles. The minimum absolute atomic E-state index is 0.0236. The van der Waals surface area contributed by atoms with Crippen molar-refractivity contribution in [3.8, 4) is 11.5 Å². The van der Waals surface area contributed by atoms with E-state index in [-0.39, 0.29) is 5.78 Å². The van der Waals surface area contributed by atoms with E-state index in [0.29, 0.717) is 28.4 Å². The van der Waals surface area contributed by atoms with Gasteiger partial charge in [0, 0.05) is 35.1 Å². The summed E-state index contributed by atoms with van der Waals surface area (Å²) in [5.41, 5.74) is 1.72. The molecule has 2 aromatic rings. The number of hydrogen-bond donors (Lipinski definition) is 2. The number of ketones is 1. The van der Waals surface area contributed by atoms with Crippen LogP contribution < -0.4 is 20.1 Å². The van der Waals surface area contributed by atoms with Gasteiger partial charge >= 0.3 is 6.03 Å². The lowest BCUT2D eigenvalue weighted by atomic mass is 10.1. The van der Waals surface area contributed by atoms with Gasteiger partial charge in [-0.1, -0.05) is 0 Å². The zero-order valence-corrected chi connectivity index (χ0v) is 13.2. The topological polar surface area (TPSA) is 76.7 Å². The molecule has 0 saturated carbocycles. The molecule has 0 heterocycles. The Morgan fingerprint density at radius 2 is 1.35 bits per heavy atom. The number of rotatable bonds is 5. The summed E-state index contributed by atoms with van der Waals surface area (Å²) < 4.78 is 10.3. The summed E-state index contributed by atoms with van der Waals surface area (Å²) in [4.78, 5) is 23.2. The van der Waals surface area contributed by atoms with Gasteiger partial charge < -0.3 is 20.1 Å². The standard InChI is InChI=1S/C17H18N2O4/c1-11(20)12-4-6-13(7-5-12)18-17(21)19-14-8-15(22-2)10-16(9-14)23-3/h4-10H,1-3H3,(H2,18,19,21). The molecule has 0 atom stereocenters. The maximum Gasteiger partial charge on any atom is 0.323 e. The first-order valence-electron chi connectivity index (χ1n) is 6.94. The zero-order chi connectivity index (χ0) is 16.8. The maximum absolute atomic E-state index is 12.0. The Morgan fingerprint density at radius 3 is 1.83 bits per heavy atom. The molecule has 0 unspecified atom stereocenters. The molecule has 120 valence electrons. The first-order chi connectivity index (χ1) is 11.0. The molecule has 0 fully saturated rings. The Hall–Kier alpha value is -3.02.